The van der Waals surface area contributed by atoms with Crippen molar-refractivity contribution < 1.29 is 14.3 Å². The fourth-order valence-corrected chi connectivity index (χ4v) is 4.05. The van der Waals surface area contributed by atoms with Crippen molar-refractivity contribution in [2.75, 3.05) is 24.6 Å². The highest BCUT2D eigenvalue weighted by atomic mass is 35.5. The number of hydrogen-bond acceptors (Lipinski definition) is 6. The average molecular weight is 430 g/mol. The zero-order chi connectivity index (χ0) is 21.1. The molecule has 2 aliphatic rings. The van der Waals surface area contributed by atoms with Crippen LogP contribution in [0.25, 0.3) is 0 Å². The Balaban J connectivity index is 1.34. The number of Topliss-reactive ketones (excluding diaryl/α,β-unsaturated/α-hetero) is 1. The van der Waals surface area contributed by atoms with E-state index in [1.807, 2.05) is 24.3 Å². The Labute approximate surface area is 182 Å². The highest BCUT2D eigenvalue weighted by molar-refractivity contribution is 6.34. The van der Waals surface area contributed by atoms with Crippen LogP contribution in [-0.4, -0.2) is 41.6 Å². The molecular formula is C23H28ClN3O3. The van der Waals surface area contributed by atoms with Gasteiger partial charge >= 0.3 is 0 Å². The molecule has 4 rings (SSSR count). The molecule has 1 aromatic heterocycles. The number of ether oxygens (including phenoxy) is 2. The van der Waals surface area contributed by atoms with Crippen molar-refractivity contribution in [2.24, 2.45) is 5.92 Å². The Morgan fingerprint density at radius 1 is 1.23 bits per heavy atom. The number of ketones is 1. The van der Waals surface area contributed by atoms with Gasteiger partial charge in [-0.15, -0.1) is 0 Å². The Morgan fingerprint density at radius 3 is 2.70 bits per heavy atom. The third kappa shape index (κ3) is 5.22. The van der Waals surface area contributed by atoms with E-state index in [2.05, 4.69) is 21.8 Å². The summed E-state index contributed by atoms with van der Waals surface area (Å²) in [6.07, 6.45) is 5.46. The van der Waals surface area contributed by atoms with Gasteiger partial charge in [-0.2, -0.15) is 0 Å². The molecule has 1 saturated carbocycles. The lowest BCUT2D eigenvalue weighted by Crippen LogP contribution is -2.25. The van der Waals surface area contributed by atoms with Gasteiger partial charge in [-0.25, -0.2) is 9.97 Å². The maximum absolute atomic E-state index is 11.3. The summed E-state index contributed by atoms with van der Waals surface area (Å²) in [6.45, 7) is 5.90. The van der Waals surface area contributed by atoms with Crippen LogP contribution < -0.4 is 14.4 Å². The topological polar surface area (TPSA) is 64.5 Å². The van der Waals surface area contributed by atoms with E-state index >= 15 is 0 Å². The number of hydrogen-bond donors (Lipinski definition) is 0. The molecule has 0 N–H and O–H groups in total. The third-order valence-electron chi connectivity index (χ3n) is 5.68. The van der Waals surface area contributed by atoms with Crippen LogP contribution in [0.2, 0.25) is 5.02 Å². The predicted molar refractivity (Wildman–Crippen MR) is 117 cm³/mol. The maximum atomic E-state index is 11.3. The van der Waals surface area contributed by atoms with Gasteiger partial charge in [0.25, 0.3) is 0 Å². The van der Waals surface area contributed by atoms with E-state index in [9.17, 15) is 4.79 Å². The Morgan fingerprint density at radius 2 is 2.00 bits per heavy atom. The van der Waals surface area contributed by atoms with Crippen molar-refractivity contribution >= 4 is 23.2 Å². The van der Waals surface area contributed by atoms with E-state index < -0.39 is 0 Å². The molecule has 2 atom stereocenters. The molecular weight excluding hydrogens is 402 g/mol. The van der Waals surface area contributed by atoms with E-state index in [4.69, 9.17) is 21.1 Å². The zero-order valence-electron chi connectivity index (χ0n) is 17.5. The molecule has 1 aromatic carbocycles. The first-order chi connectivity index (χ1) is 14.5. The first kappa shape index (κ1) is 20.9. The van der Waals surface area contributed by atoms with Gasteiger partial charge in [-0.1, -0.05) is 30.7 Å². The lowest BCUT2D eigenvalue weighted by Gasteiger charge is -2.20. The molecule has 2 aromatic rings. The minimum atomic E-state index is 0.0624. The minimum Gasteiger partial charge on any atom is -0.489 e. The van der Waals surface area contributed by atoms with Crippen LogP contribution >= 0.6 is 11.6 Å². The first-order valence-electron chi connectivity index (χ1n) is 10.6. The molecule has 0 amide bonds. The van der Waals surface area contributed by atoms with Crippen molar-refractivity contribution in [1.29, 1.82) is 0 Å². The van der Waals surface area contributed by atoms with Crippen molar-refractivity contribution in [2.45, 2.75) is 51.6 Å². The number of benzene rings is 1. The number of halogens is 1. The van der Waals surface area contributed by atoms with Gasteiger partial charge in [-0.05, 0) is 49.3 Å². The highest BCUT2D eigenvalue weighted by Crippen LogP contribution is 2.35. The number of anilines is 1. The van der Waals surface area contributed by atoms with Crippen LogP contribution in [0.1, 0.15) is 51.0 Å². The smallest absolute Gasteiger partial charge is 0.237 e. The summed E-state index contributed by atoms with van der Waals surface area (Å²) < 4.78 is 11.9. The Kier molecular flexibility index (Phi) is 6.42. The van der Waals surface area contributed by atoms with E-state index in [1.165, 1.54) is 19.2 Å². The van der Waals surface area contributed by atoms with Crippen molar-refractivity contribution in [3.05, 3.63) is 41.2 Å². The molecule has 160 valence electrons. The molecule has 0 bridgehead atoms. The molecule has 6 nitrogen and oxygen atoms in total. The number of carbonyl (C=O) groups is 1. The SMILES string of the molecule is CC(=O)C[C@@H](C)c1ccc(O[C@@H]2CCN(c3ncnc(OCC4CC4)c3Cl)C2)cc1. The van der Waals surface area contributed by atoms with Crippen molar-refractivity contribution in [3.63, 3.8) is 0 Å². The van der Waals surface area contributed by atoms with Gasteiger partial charge in [0.1, 0.15) is 29.0 Å². The Hall–Kier alpha value is -2.34. The highest BCUT2D eigenvalue weighted by Gasteiger charge is 2.28. The average Bonchev–Trinajstić information content (AvgIpc) is 3.44. The largest absolute Gasteiger partial charge is 0.489 e. The fraction of sp³-hybridized carbons (Fsp3) is 0.522. The predicted octanol–water partition coefficient (Wildman–Crippen LogP) is 4.66. The normalized spacial score (nSPS) is 19.6. The molecule has 1 aliphatic heterocycles. The van der Waals surface area contributed by atoms with Crippen LogP contribution in [0, 0.1) is 5.92 Å². The Bertz CT molecular complexity index is 886. The molecule has 0 radical (unpaired) electrons. The lowest BCUT2D eigenvalue weighted by atomic mass is 9.96. The summed E-state index contributed by atoms with van der Waals surface area (Å²) in [5.74, 6) is 3.07. The molecule has 0 spiro atoms. The molecule has 2 heterocycles. The molecule has 30 heavy (non-hydrogen) atoms. The number of aromatic nitrogens is 2. The molecule has 2 fully saturated rings. The first-order valence-corrected chi connectivity index (χ1v) is 11.0. The number of carbonyl (C=O) groups excluding carboxylic acids is 1. The summed E-state index contributed by atoms with van der Waals surface area (Å²) in [5.41, 5.74) is 1.15. The van der Waals surface area contributed by atoms with Gasteiger partial charge in [0.2, 0.25) is 5.88 Å². The van der Waals surface area contributed by atoms with Gasteiger partial charge < -0.3 is 19.2 Å². The molecule has 1 aliphatic carbocycles. The monoisotopic (exact) mass is 429 g/mol. The van der Waals surface area contributed by atoms with Crippen molar-refractivity contribution in [1.82, 2.24) is 9.97 Å². The van der Waals surface area contributed by atoms with Gasteiger partial charge in [-0.3, -0.25) is 0 Å². The second-order valence-corrected chi connectivity index (χ2v) is 8.80. The molecule has 7 heteroatoms. The standard InChI is InChI=1S/C23H28ClN3O3/c1-15(11-16(2)28)18-5-7-19(8-6-18)30-20-9-10-27(12-20)22-21(24)23(26-14-25-22)29-13-17-3-4-17/h5-8,14-15,17,20H,3-4,9-13H2,1-2H3/t15-,20-/m1/s1. The van der Waals surface area contributed by atoms with Crippen molar-refractivity contribution in [3.8, 4) is 11.6 Å². The lowest BCUT2D eigenvalue weighted by molar-refractivity contribution is -0.117. The van der Waals surface area contributed by atoms with E-state index in [0.29, 0.717) is 42.2 Å². The van der Waals surface area contributed by atoms with Crippen LogP contribution in [0.4, 0.5) is 5.82 Å². The van der Waals surface area contributed by atoms with Gasteiger partial charge in [0.15, 0.2) is 5.82 Å². The summed E-state index contributed by atoms with van der Waals surface area (Å²) in [6, 6.07) is 8.05. The maximum Gasteiger partial charge on any atom is 0.237 e. The zero-order valence-corrected chi connectivity index (χ0v) is 18.3. The van der Waals surface area contributed by atoms with E-state index in [1.54, 1.807) is 6.92 Å². The fourth-order valence-electron chi connectivity index (χ4n) is 3.78. The quantitative estimate of drug-likeness (QED) is 0.577. The van der Waals surface area contributed by atoms with E-state index in [0.717, 1.165) is 24.3 Å². The van der Waals surface area contributed by atoms with Gasteiger partial charge in [0.05, 0.1) is 13.2 Å². The van der Waals surface area contributed by atoms with E-state index in [-0.39, 0.29) is 17.8 Å². The summed E-state index contributed by atoms with van der Waals surface area (Å²) in [5, 5.41) is 0.475. The minimum absolute atomic E-state index is 0.0624. The van der Waals surface area contributed by atoms with Gasteiger partial charge in [0, 0.05) is 19.4 Å². The summed E-state index contributed by atoms with van der Waals surface area (Å²) in [4.78, 5) is 22.0. The van der Waals surface area contributed by atoms with Crippen LogP contribution in [0.15, 0.2) is 30.6 Å². The number of rotatable bonds is 9. The van der Waals surface area contributed by atoms with Crippen LogP contribution in [0.3, 0.4) is 0 Å². The third-order valence-corrected chi connectivity index (χ3v) is 6.01. The van der Waals surface area contributed by atoms with Crippen LogP contribution in [-0.2, 0) is 4.79 Å². The molecule has 0 unspecified atom stereocenters. The molecule has 1 saturated heterocycles. The second kappa shape index (κ2) is 9.21. The summed E-state index contributed by atoms with van der Waals surface area (Å²) in [7, 11) is 0. The second-order valence-electron chi connectivity index (χ2n) is 8.42. The van der Waals surface area contributed by atoms with Crippen LogP contribution in [0.5, 0.6) is 11.6 Å². The summed E-state index contributed by atoms with van der Waals surface area (Å²) >= 11 is 6.53. The number of nitrogens with zero attached hydrogens (tertiary/aromatic N) is 3.